The number of methoxy groups -OCH3 is 1. The van der Waals surface area contributed by atoms with Gasteiger partial charge in [0.05, 0.1) is 12.8 Å². The summed E-state index contributed by atoms with van der Waals surface area (Å²) in [5.41, 5.74) is 0.324. The molecular weight excluding hydrogens is 467 g/mol. The van der Waals surface area contributed by atoms with Gasteiger partial charge in [-0.2, -0.15) is 0 Å². The van der Waals surface area contributed by atoms with Gasteiger partial charge in [-0.1, -0.05) is 17.7 Å². The Kier molecular flexibility index (Phi) is 6.94. The van der Waals surface area contributed by atoms with Gasteiger partial charge < -0.3 is 10.1 Å². The zero-order valence-electron chi connectivity index (χ0n) is 16.0. The second kappa shape index (κ2) is 9.46. The van der Waals surface area contributed by atoms with Crippen LogP contribution in [0.3, 0.4) is 0 Å². The highest BCUT2D eigenvalue weighted by atomic mass is 35.5. The highest BCUT2D eigenvalue weighted by molar-refractivity contribution is 7.93. The standard InChI is InChI=1S/C20H16ClFN2O5S2/c1-29-20(26)19-17(9-10-30-19)31(27,28)24(16-7-5-13(21)6-8-16)12-18(25)23-15-4-2-3-14(22)11-15/h2-11H,12H2,1H3,(H,23,25). The highest BCUT2D eigenvalue weighted by Crippen LogP contribution is 2.30. The molecule has 0 unspecified atom stereocenters. The zero-order chi connectivity index (χ0) is 22.6. The molecule has 0 saturated heterocycles. The van der Waals surface area contributed by atoms with Gasteiger partial charge in [0.1, 0.15) is 22.1 Å². The van der Waals surface area contributed by atoms with E-state index < -0.39 is 34.3 Å². The Morgan fingerprint density at radius 3 is 2.52 bits per heavy atom. The molecule has 0 saturated carbocycles. The van der Waals surface area contributed by atoms with Gasteiger partial charge in [-0.15, -0.1) is 11.3 Å². The number of nitrogens with zero attached hydrogens (tertiary/aromatic N) is 1. The topological polar surface area (TPSA) is 92.8 Å². The Bertz CT molecular complexity index is 1210. The highest BCUT2D eigenvalue weighted by Gasteiger charge is 2.32. The number of hydrogen-bond acceptors (Lipinski definition) is 6. The maximum atomic E-state index is 13.4. The van der Waals surface area contributed by atoms with Crippen molar-refractivity contribution in [2.75, 3.05) is 23.3 Å². The minimum atomic E-state index is -4.34. The molecule has 0 bridgehead atoms. The number of carbonyl (C=O) groups excluding carboxylic acids is 2. The first-order valence-corrected chi connectivity index (χ1v) is 11.4. The van der Waals surface area contributed by atoms with Gasteiger partial charge >= 0.3 is 5.97 Å². The third-order valence-corrected chi connectivity index (χ3v) is 7.17. The number of nitrogens with one attached hydrogen (secondary N) is 1. The number of benzene rings is 2. The number of anilines is 2. The van der Waals surface area contributed by atoms with Gasteiger partial charge in [0, 0.05) is 10.7 Å². The summed E-state index contributed by atoms with van der Waals surface area (Å²) < 4.78 is 45.7. The Labute approximate surface area is 187 Å². The quantitative estimate of drug-likeness (QED) is 0.510. The molecule has 0 atom stereocenters. The minimum absolute atomic E-state index is 0.119. The summed E-state index contributed by atoms with van der Waals surface area (Å²) in [6.07, 6.45) is 0. The molecule has 1 heterocycles. The van der Waals surface area contributed by atoms with Crippen molar-refractivity contribution in [3.63, 3.8) is 0 Å². The van der Waals surface area contributed by atoms with Crippen molar-refractivity contribution in [3.8, 4) is 0 Å². The molecule has 0 aliphatic rings. The number of rotatable bonds is 7. The fourth-order valence-electron chi connectivity index (χ4n) is 2.68. The largest absolute Gasteiger partial charge is 0.465 e. The number of hydrogen-bond donors (Lipinski definition) is 1. The smallest absolute Gasteiger partial charge is 0.349 e. The van der Waals surface area contributed by atoms with Crippen LogP contribution in [0.15, 0.2) is 64.9 Å². The lowest BCUT2D eigenvalue weighted by Crippen LogP contribution is -2.38. The molecule has 2 aromatic carbocycles. The van der Waals surface area contributed by atoms with Crippen LogP contribution in [0.1, 0.15) is 9.67 Å². The van der Waals surface area contributed by atoms with Crippen molar-refractivity contribution in [2.45, 2.75) is 4.90 Å². The summed E-state index contributed by atoms with van der Waals surface area (Å²) in [5, 5.41) is 4.27. The van der Waals surface area contributed by atoms with Crippen LogP contribution in [0.4, 0.5) is 15.8 Å². The molecule has 0 spiro atoms. The van der Waals surface area contributed by atoms with Crippen LogP contribution in [-0.4, -0.2) is 33.9 Å². The van der Waals surface area contributed by atoms with Gasteiger partial charge in [-0.05, 0) is 53.9 Å². The second-order valence-corrected chi connectivity index (χ2v) is 9.34. The van der Waals surface area contributed by atoms with Crippen LogP contribution in [0.5, 0.6) is 0 Å². The number of ether oxygens (including phenoxy) is 1. The fourth-order valence-corrected chi connectivity index (χ4v) is 5.54. The van der Waals surface area contributed by atoms with Gasteiger partial charge in [-0.25, -0.2) is 17.6 Å². The first-order valence-electron chi connectivity index (χ1n) is 8.72. The molecule has 11 heteroatoms. The van der Waals surface area contributed by atoms with E-state index in [4.69, 9.17) is 11.6 Å². The average molecular weight is 483 g/mol. The van der Waals surface area contributed by atoms with E-state index in [-0.39, 0.29) is 21.1 Å². The summed E-state index contributed by atoms with van der Waals surface area (Å²) in [4.78, 5) is 24.2. The van der Waals surface area contributed by atoms with Gasteiger partial charge in [-0.3, -0.25) is 9.10 Å². The molecule has 1 amide bonds. The maximum Gasteiger partial charge on any atom is 0.349 e. The van der Waals surface area contributed by atoms with Crippen molar-refractivity contribution >= 4 is 56.2 Å². The van der Waals surface area contributed by atoms with Crippen LogP contribution in [0.2, 0.25) is 5.02 Å². The molecule has 31 heavy (non-hydrogen) atoms. The summed E-state index contributed by atoms with van der Waals surface area (Å²) in [5.74, 6) is -2.08. The Balaban J connectivity index is 1.99. The summed E-state index contributed by atoms with van der Waals surface area (Å²) in [6, 6.07) is 12.3. The van der Waals surface area contributed by atoms with E-state index in [1.54, 1.807) is 0 Å². The van der Waals surface area contributed by atoms with E-state index in [0.717, 1.165) is 28.8 Å². The number of thiophene rings is 1. The van der Waals surface area contributed by atoms with Crippen LogP contribution >= 0.6 is 22.9 Å². The molecule has 0 fully saturated rings. The SMILES string of the molecule is COC(=O)c1sccc1S(=O)(=O)N(CC(=O)Nc1cccc(F)c1)c1ccc(Cl)cc1. The van der Waals surface area contributed by atoms with E-state index in [9.17, 15) is 22.4 Å². The molecule has 7 nitrogen and oxygen atoms in total. The van der Waals surface area contributed by atoms with Crippen molar-refractivity contribution < 1.29 is 27.1 Å². The molecule has 0 radical (unpaired) electrons. The average Bonchev–Trinajstić information content (AvgIpc) is 3.23. The lowest BCUT2D eigenvalue weighted by molar-refractivity contribution is -0.114. The zero-order valence-corrected chi connectivity index (χ0v) is 18.4. The van der Waals surface area contributed by atoms with Crippen LogP contribution in [0.25, 0.3) is 0 Å². The van der Waals surface area contributed by atoms with Crippen LogP contribution in [0, 0.1) is 5.82 Å². The summed E-state index contributed by atoms with van der Waals surface area (Å²) >= 11 is 6.80. The monoisotopic (exact) mass is 482 g/mol. The fraction of sp³-hybridized carbons (Fsp3) is 0.100. The predicted octanol–water partition coefficient (Wildman–Crippen LogP) is 4.16. The third kappa shape index (κ3) is 5.22. The number of sulfonamides is 1. The van der Waals surface area contributed by atoms with E-state index in [1.807, 2.05) is 0 Å². The van der Waals surface area contributed by atoms with E-state index in [2.05, 4.69) is 10.1 Å². The number of esters is 1. The van der Waals surface area contributed by atoms with Gasteiger partial charge in [0.15, 0.2) is 0 Å². The molecule has 0 aliphatic heterocycles. The van der Waals surface area contributed by atoms with Crippen molar-refractivity contribution in [2.24, 2.45) is 0 Å². The van der Waals surface area contributed by atoms with E-state index in [1.165, 1.54) is 53.9 Å². The predicted molar refractivity (Wildman–Crippen MR) is 117 cm³/mol. The lowest BCUT2D eigenvalue weighted by atomic mass is 10.3. The first-order chi connectivity index (χ1) is 14.7. The maximum absolute atomic E-state index is 13.4. The van der Waals surface area contributed by atoms with Crippen molar-refractivity contribution in [3.05, 3.63) is 75.7 Å². The van der Waals surface area contributed by atoms with E-state index >= 15 is 0 Å². The summed E-state index contributed by atoms with van der Waals surface area (Å²) in [6.45, 7) is -0.628. The molecule has 3 rings (SSSR count). The normalized spacial score (nSPS) is 11.1. The minimum Gasteiger partial charge on any atom is -0.465 e. The molecule has 0 aliphatic carbocycles. The molecular formula is C20H16ClFN2O5S2. The molecule has 3 aromatic rings. The number of halogens is 2. The Morgan fingerprint density at radius 2 is 1.87 bits per heavy atom. The van der Waals surface area contributed by atoms with Crippen LogP contribution < -0.4 is 9.62 Å². The van der Waals surface area contributed by atoms with Gasteiger partial charge in [0.2, 0.25) is 5.91 Å². The third-order valence-electron chi connectivity index (χ3n) is 4.08. The molecule has 1 aromatic heterocycles. The lowest BCUT2D eigenvalue weighted by Gasteiger charge is -2.24. The Morgan fingerprint density at radius 1 is 1.16 bits per heavy atom. The number of amides is 1. The van der Waals surface area contributed by atoms with E-state index in [0.29, 0.717) is 5.02 Å². The molecule has 162 valence electrons. The summed E-state index contributed by atoms with van der Waals surface area (Å²) in [7, 11) is -3.20. The van der Waals surface area contributed by atoms with Gasteiger partial charge in [0.25, 0.3) is 10.0 Å². The van der Waals surface area contributed by atoms with Crippen LogP contribution in [-0.2, 0) is 19.6 Å². The van der Waals surface area contributed by atoms with Crippen molar-refractivity contribution in [1.29, 1.82) is 0 Å². The number of carbonyl (C=O) groups is 2. The van der Waals surface area contributed by atoms with Crippen molar-refractivity contribution in [1.82, 2.24) is 0 Å². The first kappa shape index (κ1) is 22.7. The molecule has 1 N–H and O–H groups in total. The Hall–Kier alpha value is -2.95. The second-order valence-electron chi connectivity index (χ2n) is 6.15.